The summed E-state index contributed by atoms with van der Waals surface area (Å²) in [5.41, 5.74) is 6.58. The molecule has 4 rings (SSSR count). The molecule has 0 spiro atoms. The van der Waals surface area contributed by atoms with E-state index in [9.17, 15) is 9.90 Å². The first-order valence-electron chi connectivity index (χ1n) is 10.7. The van der Waals surface area contributed by atoms with Crippen LogP contribution in [0.15, 0.2) is 66.7 Å². The van der Waals surface area contributed by atoms with Gasteiger partial charge in [0.2, 0.25) is 0 Å². The Morgan fingerprint density at radius 3 is 2.22 bits per heavy atom. The number of methoxy groups -OCH3 is 1. The fourth-order valence-corrected chi connectivity index (χ4v) is 4.07. The van der Waals surface area contributed by atoms with Crippen LogP contribution in [-0.4, -0.2) is 22.8 Å². The van der Waals surface area contributed by atoms with Crippen LogP contribution in [0.25, 0.3) is 10.9 Å². The van der Waals surface area contributed by atoms with E-state index >= 15 is 0 Å². The van der Waals surface area contributed by atoms with Gasteiger partial charge >= 0.3 is 5.97 Å². The molecule has 32 heavy (non-hydrogen) atoms. The Balaban J connectivity index is 1.68. The zero-order valence-electron chi connectivity index (χ0n) is 18.7. The van der Waals surface area contributed by atoms with Gasteiger partial charge in [-0.15, -0.1) is 0 Å². The van der Waals surface area contributed by atoms with Crippen LogP contribution in [0.1, 0.15) is 38.3 Å². The first-order chi connectivity index (χ1) is 15.5. The molecule has 0 aliphatic carbocycles. The van der Waals surface area contributed by atoms with Gasteiger partial charge in [-0.2, -0.15) is 0 Å². The average molecular weight is 429 g/mol. The lowest BCUT2D eigenvalue weighted by atomic mass is 10.1. The Morgan fingerprint density at radius 2 is 1.56 bits per heavy atom. The first kappa shape index (κ1) is 21.7. The smallest absolute Gasteiger partial charge is 0.352 e. The summed E-state index contributed by atoms with van der Waals surface area (Å²) in [6.07, 6.45) is 0. The number of fused-ring (bicyclic) bond motifs is 1. The Hall–Kier alpha value is -3.57. The topological polar surface area (TPSA) is 63.5 Å². The van der Waals surface area contributed by atoms with Crippen molar-refractivity contribution < 1.29 is 14.6 Å². The van der Waals surface area contributed by atoms with Gasteiger partial charge in [0.1, 0.15) is 11.4 Å². The summed E-state index contributed by atoms with van der Waals surface area (Å²) in [5, 5.41) is 14.5. The van der Waals surface area contributed by atoms with Crippen LogP contribution in [-0.2, 0) is 19.6 Å². The standard InChI is InChI=1S/C27H28N2O3/c1-18-4-7-21(8-5-18)17-29-25-14-19(2)6-13-23(25)24(26(29)27(30)31)16-28-15-20-9-11-22(32-3)12-10-20/h4-14,28H,15-17H2,1-3H3,(H,30,31). The molecule has 0 radical (unpaired) electrons. The monoisotopic (exact) mass is 428 g/mol. The molecule has 0 atom stereocenters. The Labute approximate surface area is 188 Å². The number of carboxylic acids is 1. The van der Waals surface area contributed by atoms with Gasteiger partial charge < -0.3 is 19.7 Å². The van der Waals surface area contributed by atoms with E-state index in [4.69, 9.17) is 4.74 Å². The molecule has 1 aromatic heterocycles. The maximum atomic E-state index is 12.4. The number of ether oxygens (including phenoxy) is 1. The van der Waals surface area contributed by atoms with Gasteiger partial charge in [0.15, 0.2) is 0 Å². The molecule has 5 nitrogen and oxygen atoms in total. The van der Waals surface area contributed by atoms with Crippen LogP contribution in [0.3, 0.4) is 0 Å². The van der Waals surface area contributed by atoms with Gasteiger partial charge in [-0.25, -0.2) is 4.79 Å². The maximum Gasteiger partial charge on any atom is 0.352 e. The molecule has 1 heterocycles. The lowest BCUT2D eigenvalue weighted by molar-refractivity contribution is 0.0684. The molecule has 0 unspecified atom stereocenters. The van der Waals surface area contributed by atoms with Crippen molar-refractivity contribution in [2.45, 2.75) is 33.5 Å². The second kappa shape index (κ2) is 9.28. The fraction of sp³-hybridized carbons (Fsp3) is 0.222. The SMILES string of the molecule is COc1ccc(CNCc2c(C(=O)O)n(Cc3ccc(C)cc3)c3cc(C)ccc23)cc1. The minimum absolute atomic E-state index is 0.341. The van der Waals surface area contributed by atoms with Gasteiger partial charge in [0.05, 0.1) is 7.11 Å². The number of aromatic nitrogens is 1. The predicted octanol–water partition coefficient (Wildman–Crippen LogP) is 5.30. The summed E-state index contributed by atoms with van der Waals surface area (Å²) in [6.45, 7) is 5.70. The van der Waals surface area contributed by atoms with Crippen molar-refractivity contribution in [3.8, 4) is 5.75 Å². The van der Waals surface area contributed by atoms with Crippen LogP contribution >= 0.6 is 0 Å². The quantitative estimate of drug-likeness (QED) is 0.400. The van der Waals surface area contributed by atoms with E-state index in [2.05, 4.69) is 35.6 Å². The first-order valence-corrected chi connectivity index (χ1v) is 10.7. The van der Waals surface area contributed by atoms with Crippen molar-refractivity contribution >= 4 is 16.9 Å². The summed E-state index contributed by atoms with van der Waals surface area (Å²) >= 11 is 0. The molecular weight excluding hydrogens is 400 g/mol. The summed E-state index contributed by atoms with van der Waals surface area (Å²) in [7, 11) is 1.65. The Bertz CT molecular complexity index is 1240. The molecule has 2 N–H and O–H groups in total. The molecule has 0 amide bonds. The third-order valence-electron chi connectivity index (χ3n) is 5.78. The number of rotatable bonds is 8. The number of carboxylic acid groups (broad SMARTS) is 1. The van der Waals surface area contributed by atoms with E-state index in [1.54, 1.807) is 7.11 Å². The molecular formula is C27H28N2O3. The largest absolute Gasteiger partial charge is 0.497 e. The van der Waals surface area contributed by atoms with Crippen molar-refractivity contribution in [1.29, 1.82) is 0 Å². The van der Waals surface area contributed by atoms with Crippen LogP contribution in [0.2, 0.25) is 0 Å². The summed E-state index contributed by atoms with van der Waals surface area (Å²) < 4.78 is 7.14. The van der Waals surface area contributed by atoms with Crippen LogP contribution < -0.4 is 10.1 Å². The van der Waals surface area contributed by atoms with Crippen molar-refractivity contribution in [1.82, 2.24) is 9.88 Å². The molecule has 0 saturated carbocycles. The molecule has 0 bridgehead atoms. The number of hydrogen-bond donors (Lipinski definition) is 2. The highest BCUT2D eigenvalue weighted by Gasteiger charge is 2.22. The van der Waals surface area contributed by atoms with Gasteiger partial charge in [0, 0.05) is 36.1 Å². The van der Waals surface area contributed by atoms with Gasteiger partial charge in [-0.1, -0.05) is 54.1 Å². The highest BCUT2D eigenvalue weighted by molar-refractivity contribution is 5.98. The van der Waals surface area contributed by atoms with Crippen LogP contribution in [0.4, 0.5) is 0 Å². The minimum atomic E-state index is -0.910. The molecule has 164 valence electrons. The van der Waals surface area contributed by atoms with E-state index in [0.717, 1.165) is 38.9 Å². The van der Waals surface area contributed by atoms with Crippen LogP contribution in [0, 0.1) is 13.8 Å². The molecule has 5 heteroatoms. The zero-order valence-corrected chi connectivity index (χ0v) is 18.7. The van der Waals surface area contributed by atoms with Crippen molar-refractivity contribution in [3.05, 3.63) is 100 Å². The second-order valence-electron chi connectivity index (χ2n) is 8.18. The third kappa shape index (κ3) is 4.53. The fourth-order valence-electron chi connectivity index (χ4n) is 4.07. The van der Waals surface area contributed by atoms with E-state index in [0.29, 0.717) is 25.3 Å². The summed E-state index contributed by atoms with van der Waals surface area (Å²) in [4.78, 5) is 12.4. The number of aromatic carboxylic acids is 1. The molecule has 0 aliphatic rings. The summed E-state index contributed by atoms with van der Waals surface area (Å²) in [6, 6.07) is 22.3. The highest BCUT2D eigenvalue weighted by atomic mass is 16.5. The molecule has 0 aliphatic heterocycles. The van der Waals surface area contributed by atoms with E-state index in [1.807, 2.05) is 54.8 Å². The summed E-state index contributed by atoms with van der Waals surface area (Å²) in [5.74, 6) is -0.0938. The molecule has 4 aromatic rings. The molecule has 0 fully saturated rings. The van der Waals surface area contributed by atoms with Crippen molar-refractivity contribution in [2.75, 3.05) is 7.11 Å². The third-order valence-corrected chi connectivity index (χ3v) is 5.78. The average Bonchev–Trinajstić information content (AvgIpc) is 3.08. The number of nitrogens with one attached hydrogen (secondary N) is 1. The maximum absolute atomic E-state index is 12.4. The van der Waals surface area contributed by atoms with Gasteiger partial charge in [-0.3, -0.25) is 0 Å². The van der Waals surface area contributed by atoms with Gasteiger partial charge in [0.25, 0.3) is 0 Å². The molecule has 0 saturated heterocycles. The highest BCUT2D eigenvalue weighted by Crippen LogP contribution is 2.29. The number of aryl methyl sites for hydroxylation is 2. The predicted molar refractivity (Wildman–Crippen MR) is 127 cm³/mol. The lowest BCUT2D eigenvalue weighted by Gasteiger charge is -2.11. The van der Waals surface area contributed by atoms with E-state index in [-0.39, 0.29) is 0 Å². The minimum Gasteiger partial charge on any atom is -0.497 e. The Kier molecular flexibility index (Phi) is 6.28. The normalized spacial score (nSPS) is 11.1. The molecule has 3 aromatic carbocycles. The second-order valence-corrected chi connectivity index (χ2v) is 8.18. The van der Waals surface area contributed by atoms with E-state index < -0.39 is 5.97 Å². The number of carbonyl (C=O) groups is 1. The van der Waals surface area contributed by atoms with Crippen molar-refractivity contribution in [3.63, 3.8) is 0 Å². The number of hydrogen-bond acceptors (Lipinski definition) is 3. The van der Waals surface area contributed by atoms with Crippen LogP contribution in [0.5, 0.6) is 5.75 Å². The zero-order chi connectivity index (χ0) is 22.7. The number of benzene rings is 3. The Morgan fingerprint density at radius 1 is 0.906 bits per heavy atom. The van der Waals surface area contributed by atoms with Gasteiger partial charge in [-0.05, 0) is 48.7 Å². The van der Waals surface area contributed by atoms with Crippen molar-refractivity contribution in [2.24, 2.45) is 0 Å². The van der Waals surface area contributed by atoms with E-state index in [1.165, 1.54) is 5.56 Å². The number of nitrogens with zero attached hydrogens (tertiary/aromatic N) is 1. The lowest BCUT2D eigenvalue weighted by Crippen LogP contribution is -2.17.